The van der Waals surface area contributed by atoms with Crippen LogP contribution in [0.15, 0.2) is 18.2 Å². The normalized spacial score (nSPS) is 26.2. The minimum absolute atomic E-state index is 0.386. The predicted octanol–water partition coefficient (Wildman–Crippen LogP) is 3.82. The van der Waals surface area contributed by atoms with E-state index in [-0.39, 0.29) is 0 Å². The van der Waals surface area contributed by atoms with Crippen LogP contribution in [0, 0.1) is 11.8 Å². The van der Waals surface area contributed by atoms with Crippen molar-refractivity contribution in [2.45, 2.75) is 44.6 Å². The fourth-order valence-corrected chi connectivity index (χ4v) is 3.67. The molecule has 1 amide bonds. The average Bonchev–Trinajstić information content (AvgIpc) is 3.23. The van der Waals surface area contributed by atoms with Gasteiger partial charge in [0.25, 0.3) is 0 Å². The Kier molecular flexibility index (Phi) is 3.88. The van der Waals surface area contributed by atoms with Crippen molar-refractivity contribution in [3.8, 4) is 0 Å². The Morgan fingerprint density at radius 3 is 2.65 bits per heavy atom. The lowest BCUT2D eigenvalue weighted by Crippen LogP contribution is -2.28. The first kappa shape index (κ1) is 13.7. The van der Waals surface area contributed by atoms with Crippen molar-refractivity contribution in [2.75, 3.05) is 5.32 Å². The topological polar surface area (TPSA) is 55.1 Å². The van der Waals surface area contributed by atoms with Crippen LogP contribution < -0.4 is 11.1 Å². The molecular weight excluding hydrogens is 272 g/mol. The van der Waals surface area contributed by atoms with E-state index in [0.29, 0.717) is 16.6 Å². The molecule has 4 heteroatoms. The highest BCUT2D eigenvalue weighted by molar-refractivity contribution is 6.34. The highest BCUT2D eigenvalue weighted by Crippen LogP contribution is 2.44. The molecule has 0 spiro atoms. The molecule has 20 heavy (non-hydrogen) atoms. The van der Waals surface area contributed by atoms with Gasteiger partial charge in [-0.05, 0) is 55.7 Å². The molecule has 2 aliphatic rings. The van der Waals surface area contributed by atoms with Gasteiger partial charge in [0, 0.05) is 11.7 Å². The van der Waals surface area contributed by atoms with Crippen molar-refractivity contribution in [3.63, 3.8) is 0 Å². The Balaban J connectivity index is 1.64. The first-order valence-corrected chi connectivity index (χ1v) is 7.87. The van der Waals surface area contributed by atoms with Gasteiger partial charge in [0.1, 0.15) is 0 Å². The predicted molar refractivity (Wildman–Crippen MR) is 82.1 cm³/mol. The number of halogens is 1. The van der Waals surface area contributed by atoms with Crippen molar-refractivity contribution in [3.05, 3.63) is 28.8 Å². The Morgan fingerprint density at radius 2 is 2.00 bits per heavy atom. The van der Waals surface area contributed by atoms with E-state index >= 15 is 0 Å². The van der Waals surface area contributed by atoms with Crippen molar-refractivity contribution >= 4 is 23.2 Å². The third kappa shape index (κ3) is 3.09. The number of carbonyl (C=O) groups is 1. The van der Waals surface area contributed by atoms with Crippen LogP contribution in [-0.2, 0) is 0 Å². The molecule has 1 aromatic carbocycles. The fourth-order valence-electron chi connectivity index (χ4n) is 3.39. The van der Waals surface area contributed by atoms with Gasteiger partial charge in [0.15, 0.2) is 0 Å². The number of anilines is 1. The maximum absolute atomic E-state index is 11.2. The molecule has 2 aliphatic carbocycles. The molecule has 3 N–H and O–H groups in total. The smallest absolute Gasteiger partial charge is 0.250 e. The lowest BCUT2D eigenvalue weighted by atomic mass is 9.82. The largest absolute Gasteiger partial charge is 0.382 e. The molecule has 0 heterocycles. The summed E-state index contributed by atoms with van der Waals surface area (Å²) in [6.45, 7) is 0. The van der Waals surface area contributed by atoms with Crippen LogP contribution in [-0.4, -0.2) is 11.9 Å². The van der Waals surface area contributed by atoms with Gasteiger partial charge >= 0.3 is 0 Å². The summed E-state index contributed by atoms with van der Waals surface area (Å²) in [6, 6.07) is 5.94. The minimum Gasteiger partial charge on any atom is -0.382 e. The van der Waals surface area contributed by atoms with E-state index in [2.05, 4.69) is 5.32 Å². The van der Waals surface area contributed by atoms with Gasteiger partial charge in [0.2, 0.25) is 5.91 Å². The molecule has 3 nitrogen and oxygen atoms in total. The summed E-state index contributed by atoms with van der Waals surface area (Å²) >= 11 is 6.09. The number of nitrogens with two attached hydrogens (primary N) is 1. The number of nitrogens with one attached hydrogen (secondary N) is 1. The van der Waals surface area contributed by atoms with Crippen LogP contribution in [0.4, 0.5) is 5.69 Å². The summed E-state index contributed by atoms with van der Waals surface area (Å²) < 4.78 is 0. The molecular formula is C16H21ClN2O. The van der Waals surface area contributed by atoms with Crippen LogP contribution in [0.5, 0.6) is 0 Å². The molecule has 0 saturated heterocycles. The van der Waals surface area contributed by atoms with E-state index in [0.717, 1.165) is 17.5 Å². The van der Waals surface area contributed by atoms with Gasteiger partial charge in [-0.15, -0.1) is 0 Å². The molecule has 3 rings (SSSR count). The van der Waals surface area contributed by atoms with Crippen molar-refractivity contribution in [1.29, 1.82) is 0 Å². The van der Waals surface area contributed by atoms with E-state index in [9.17, 15) is 4.79 Å². The molecule has 0 bridgehead atoms. The number of rotatable bonds is 4. The van der Waals surface area contributed by atoms with Gasteiger partial charge in [-0.25, -0.2) is 0 Å². The fraction of sp³-hybridized carbons (Fsp3) is 0.562. The van der Waals surface area contributed by atoms with Gasteiger partial charge in [-0.2, -0.15) is 0 Å². The zero-order valence-electron chi connectivity index (χ0n) is 11.6. The van der Waals surface area contributed by atoms with E-state index in [4.69, 9.17) is 17.3 Å². The Labute approximate surface area is 124 Å². The van der Waals surface area contributed by atoms with Crippen LogP contribution in [0.3, 0.4) is 0 Å². The second kappa shape index (κ2) is 5.65. The molecule has 0 radical (unpaired) electrons. The van der Waals surface area contributed by atoms with Crippen molar-refractivity contribution < 1.29 is 4.79 Å². The van der Waals surface area contributed by atoms with Crippen molar-refractivity contribution in [1.82, 2.24) is 0 Å². The highest BCUT2D eigenvalue weighted by atomic mass is 35.5. The number of carbonyl (C=O) groups excluding carboxylic acids is 1. The second-order valence-corrected chi connectivity index (χ2v) is 6.57. The van der Waals surface area contributed by atoms with E-state index in [1.807, 2.05) is 12.1 Å². The third-order valence-electron chi connectivity index (χ3n) is 4.61. The molecule has 1 aromatic rings. The van der Waals surface area contributed by atoms with Crippen LogP contribution in [0.2, 0.25) is 5.02 Å². The maximum atomic E-state index is 11.2. The van der Waals surface area contributed by atoms with Crippen LogP contribution in [0.1, 0.15) is 48.9 Å². The number of hydrogen-bond donors (Lipinski definition) is 2. The molecule has 2 atom stereocenters. The van der Waals surface area contributed by atoms with E-state index < -0.39 is 5.91 Å². The van der Waals surface area contributed by atoms with E-state index in [1.54, 1.807) is 6.07 Å². The number of amides is 1. The highest BCUT2D eigenvalue weighted by Gasteiger charge is 2.34. The average molecular weight is 293 g/mol. The minimum atomic E-state index is -0.479. The van der Waals surface area contributed by atoms with Gasteiger partial charge in [-0.1, -0.05) is 24.4 Å². The summed E-state index contributed by atoms with van der Waals surface area (Å²) in [5, 5.41) is 3.99. The SMILES string of the molecule is NC(=O)c1ccc(NC2CCCC(C3CC3)C2)cc1Cl. The number of primary amides is 1. The zero-order valence-corrected chi connectivity index (χ0v) is 12.3. The summed E-state index contributed by atoms with van der Waals surface area (Å²) in [4.78, 5) is 11.2. The van der Waals surface area contributed by atoms with Crippen LogP contribution in [0.25, 0.3) is 0 Å². The second-order valence-electron chi connectivity index (χ2n) is 6.16. The summed E-state index contributed by atoms with van der Waals surface area (Å²) in [7, 11) is 0. The molecule has 108 valence electrons. The standard InChI is InChI=1S/C16H21ClN2O/c17-15-9-13(6-7-14(15)16(18)20)19-12-3-1-2-11(8-12)10-4-5-10/h6-7,9-12,19H,1-5,8H2,(H2,18,20). The summed E-state index contributed by atoms with van der Waals surface area (Å²) in [6.07, 6.45) is 8.04. The first-order chi connectivity index (χ1) is 9.63. The third-order valence-corrected chi connectivity index (χ3v) is 4.92. The van der Waals surface area contributed by atoms with Gasteiger partial charge < -0.3 is 11.1 Å². The Morgan fingerprint density at radius 1 is 1.20 bits per heavy atom. The Hall–Kier alpha value is -1.22. The summed E-state index contributed by atoms with van der Waals surface area (Å²) in [5.74, 6) is 1.41. The Bertz CT molecular complexity index is 513. The zero-order chi connectivity index (χ0) is 14.1. The monoisotopic (exact) mass is 292 g/mol. The van der Waals surface area contributed by atoms with Gasteiger partial charge in [0.05, 0.1) is 10.6 Å². The van der Waals surface area contributed by atoms with Crippen LogP contribution >= 0.6 is 11.6 Å². The lowest BCUT2D eigenvalue weighted by Gasteiger charge is -2.30. The lowest BCUT2D eigenvalue weighted by molar-refractivity contribution is 0.100. The van der Waals surface area contributed by atoms with Gasteiger partial charge in [-0.3, -0.25) is 4.79 Å². The molecule has 2 unspecified atom stereocenters. The molecule has 2 saturated carbocycles. The number of benzene rings is 1. The van der Waals surface area contributed by atoms with Crippen molar-refractivity contribution in [2.24, 2.45) is 17.6 Å². The number of hydrogen-bond acceptors (Lipinski definition) is 2. The maximum Gasteiger partial charge on any atom is 0.250 e. The quantitative estimate of drug-likeness (QED) is 0.886. The molecule has 0 aromatic heterocycles. The summed E-state index contributed by atoms with van der Waals surface area (Å²) in [5.41, 5.74) is 6.64. The first-order valence-electron chi connectivity index (χ1n) is 7.49. The van der Waals surface area contributed by atoms with E-state index in [1.165, 1.54) is 38.5 Å². The molecule has 2 fully saturated rings. The molecule has 0 aliphatic heterocycles.